The maximum Gasteiger partial charge on any atom is 0.253 e. The van der Waals surface area contributed by atoms with E-state index in [4.69, 9.17) is 0 Å². The standard InChI is InChI=1S/C19H24N4O/c1-22(2)13-15-5-7-16(8-6-15)19(24)23-11-3-4-17(14-23)18-12-20-9-10-21-18/h5-10,12,17H,3-4,11,13-14H2,1-2H3/t17-/m1/s1. The summed E-state index contributed by atoms with van der Waals surface area (Å²) < 4.78 is 0. The van der Waals surface area contributed by atoms with Crippen molar-refractivity contribution in [3.8, 4) is 0 Å². The molecule has 126 valence electrons. The van der Waals surface area contributed by atoms with Gasteiger partial charge < -0.3 is 9.80 Å². The van der Waals surface area contributed by atoms with Gasteiger partial charge in [0.1, 0.15) is 0 Å². The van der Waals surface area contributed by atoms with E-state index in [0.29, 0.717) is 0 Å². The van der Waals surface area contributed by atoms with Gasteiger partial charge in [0.05, 0.1) is 5.69 Å². The molecule has 1 aromatic carbocycles. The van der Waals surface area contributed by atoms with Crippen LogP contribution >= 0.6 is 0 Å². The number of hydrogen-bond donors (Lipinski definition) is 0. The van der Waals surface area contributed by atoms with Gasteiger partial charge in [0.25, 0.3) is 5.91 Å². The molecule has 1 amide bonds. The van der Waals surface area contributed by atoms with Crippen molar-refractivity contribution in [3.05, 3.63) is 59.7 Å². The molecule has 0 radical (unpaired) electrons. The molecular weight excluding hydrogens is 300 g/mol. The second-order valence-corrected chi connectivity index (χ2v) is 6.66. The van der Waals surface area contributed by atoms with Crippen molar-refractivity contribution >= 4 is 5.91 Å². The van der Waals surface area contributed by atoms with E-state index >= 15 is 0 Å². The minimum absolute atomic E-state index is 0.111. The van der Waals surface area contributed by atoms with Crippen LogP contribution in [0.15, 0.2) is 42.9 Å². The van der Waals surface area contributed by atoms with Gasteiger partial charge >= 0.3 is 0 Å². The lowest BCUT2D eigenvalue weighted by molar-refractivity contribution is 0.0705. The molecule has 1 aromatic heterocycles. The Hall–Kier alpha value is -2.27. The summed E-state index contributed by atoms with van der Waals surface area (Å²) in [5.74, 6) is 0.393. The number of amides is 1. The highest BCUT2D eigenvalue weighted by atomic mass is 16.2. The van der Waals surface area contributed by atoms with Crippen molar-refractivity contribution < 1.29 is 4.79 Å². The van der Waals surface area contributed by atoms with E-state index in [-0.39, 0.29) is 11.8 Å². The van der Waals surface area contributed by atoms with Crippen molar-refractivity contribution in [1.82, 2.24) is 19.8 Å². The van der Waals surface area contributed by atoms with Gasteiger partial charge in [0, 0.05) is 49.7 Å². The van der Waals surface area contributed by atoms with E-state index in [2.05, 4.69) is 14.9 Å². The van der Waals surface area contributed by atoms with Crippen LogP contribution in [-0.4, -0.2) is 52.9 Å². The smallest absolute Gasteiger partial charge is 0.253 e. The van der Waals surface area contributed by atoms with Crippen LogP contribution in [0.25, 0.3) is 0 Å². The fourth-order valence-corrected chi connectivity index (χ4v) is 3.22. The summed E-state index contributed by atoms with van der Waals surface area (Å²) in [6.07, 6.45) is 7.29. The lowest BCUT2D eigenvalue weighted by Crippen LogP contribution is -2.39. The first kappa shape index (κ1) is 16.6. The number of aromatic nitrogens is 2. The van der Waals surface area contributed by atoms with Crippen molar-refractivity contribution in [2.75, 3.05) is 27.2 Å². The predicted molar refractivity (Wildman–Crippen MR) is 93.7 cm³/mol. The molecule has 2 heterocycles. The minimum Gasteiger partial charge on any atom is -0.338 e. The molecule has 5 nitrogen and oxygen atoms in total. The summed E-state index contributed by atoms with van der Waals surface area (Å²) in [7, 11) is 4.08. The highest BCUT2D eigenvalue weighted by molar-refractivity contribution is 5.94. The monoisotopic (exact) mass is 324 g/mol. The van der Waals surface area contributed by atoms with Gasteiger partial charge in [-0.2, -0.15) is 0 Å². The SMILES string of the molecule is CN(C)Cc1ccc(C(=O)N2CCC[C@@H](c3cnccn3)C2)cc1. The molecule has 0 bridgehead atoms. The first-order valence-corrected chi connectivity index (χ1v) is 8.42. The van der Waals surface area contributed by atoms with Crippen molar-refractivity contribution in [1.29, 1.82) is 0 Å². The largest absolute Gasteiger partial charge is 0.338 e. The zero-order valence-corrected chi connectivity index (χ0v) is 14.4. The molecule has 1 aliphatic heterocycles. The summed E-state index contributed by atoms with van der Waals surface area (Å²) in [5, 5.41) is 0. The Morgan fingerprint density at radius 1 is 1.25 bits per heavy atom. The zero-order valence-electron chi connectivity index (χ0n) is 14.4. The third-order valence-corrected chi connectivity index (χ3v) is 4.41. The third kappa shape index (κ3) is 3.97. The van der Waals surface area contributed by atoms with E-state index in [1.54, 1.807) is 12.4 Å². The molecule has 0 aliphatic carbocycles. The summed E-state index contributed by atoms with van der Waals surface area (Å²) in [6.45, 7) is 2.42. The lowest BCUT2D eigenvalue weighted by atomic mass is 9.94. The molecule has 1 aliphatic rings. The number of nitrogens with zero attached hydrogens (tertiary/aromatic N) is 4. The third-order valence-electron chi connectivity index (χ3n) is 4.41. The van der Waals surface area contributed by atoms with Crippen LogP contribution in [0, 0.1) is 0 Å². The summed E-state index contributed by atoms with van der Waals surface area (Å²) in [4.78, 5) is 25.4. The highest BCUT2D eigenvalue weighted by Gasteiger charge is 2.26. The molecular formula is C19H24N4O. The van der Waals surface area contributed by atoms with E-state index in [1.807, 2.05) is 49.5 Å². The quantitative estimate of drug-likeness (QED) is 0.867. The van der Waals surface area contributed by atoms with E-state index in [0.717, 1.165) is 43.7 Å². The Morgan fingerprint density at radius 3 is 2.71 bits per heavy atom. The lowest BCUT2D eigenvalue weighted by Gasteiger charge is -2.32. The minimum atomic E-state index is 0.111. The Morgan fingerprint density at radius 2 is 2.04 bits per heavy atom. The van der Waals surface area contributed by atoms with Crippen molar-refractivity contribution in [2.45, 2.75) is 25.3 Å². The van der Waals surface area contributed by atoms with E-state index in [9.17, 15) is 4.79 Å². The average Bonchev–Trinajstić information content (AvgIpc) is 2.62. The number of carbonyl (C=O) groups is 1. The Balaban J connectivity index is 1.68. The average molecular weight is 324 g/mol. The molecule has 1 fully saturated rings. The normalized spacial score (nSPS) is 18.0. The van der Waals surface area contributed by atoms with Crippen LogP contribution < -0.4 is 0 Å². The molecule has 5 heteroatoms. The molecule has 0 spiro atoms. The first-order chi connectivity index (χ1) is 11.6. The zero-order chi connectivity index (χ0) is 16.9. The number of carbonyl (C=O) groups excluding carboxylic acids is 1. The van der Waals surface area contributed by atoms with Crippen LogP contribution in [0.2, 0.25) is 0 Å². The number of piperidine rings is 1. The number of benzene rings is 1. The summed E-state index contributed by atoms with van der Waals surface area (Å²) >= 11 is 0. The first-order valence-electron chi connectivity index (χ1n) is 8.42. The summed E-state index contributed by atoms with van der Waals surface area (Å²) in [6, 6.07) is 7.95. The Kier molecular flexibility index (Phi) is 5.20. The van der Waals surface area contributed by atoms with Crippen molar-refractivity contribution in [3.63, 3.8) is 0 Å². The maximum atomic E-state index is 12.8. The van der Waals surface area contributed by atoms with Crippen LogP contribution in [-0.2, 0) is 6.54 Å². The van der Waals surface area contributed by atoms with Gasteiger partial charge in [-0.25, -0.2) is 0 Å². The van der Waals surface area contributed by atoms with Crippen LogP contribution in [0.1, 0.15) is 40.4 Å². The molecule has 0 N–H and O–H groups in total. The molecule has 3 rings (SSSR count). The number of likely N-dealkylation sites (tertiary alicyclic amines) is 1. The molecule has 2 aromatic rings. The molecule has 0 unspecified atom stereocenters. The fourth-order valence-electron chi connectivity index (χ4n) is 3.22. The number of hydrogen-bond acceptors (Lipinski definition) is 4. The second-order valence-electron chi connectivity index (χ2n) is 6.66. The van der Waals surface area contributed by atoms with E-state index in [1.165, 1.54) is 5.56 Å². The second kappa shape index (κ2) is 7.53. The fraction of sp³-hybridized carbons (Fsp3) is 0.421. The topological polar surface area (TPSA) is 49.3 Å². The van der Waals surface area contributed by atoms with Gasteiger partial charge in [-0.05, 0) is 44.6 Å². The summed E-state index contributed by atoms with van der Waals surface area (Å²) in [5.41, 5.74) is 2.96. The predicted octanol–water partition coefficient (Wildman–Crippen LogP) is 2.56. The van der Waals surface area contributed by atoms with Gasteiger partial charge in [-0.15, -0.1) is 0 Å². The maximum absolute atomic E-state index is 12.8. The van der Waals surface area contributed by atoms with Gasteiger partial charge in [0.15, 0.2) is 0 Å². The molecule has 1 saturated heterocycles. The van der Waals surface area contributed by atoms with Gasteiger partial charge in [-0.3, -0.25) is 14.8 Å². The van der Waals surface area contributed by atoms with Crippen LogP contribution in [0.4, 0.5) is 0 Å². The Bertz CT molecular complexity index is 670. The number of rotatable bonds is 4. The van der Waals surface area contributed by atoms with Gasteiger partial charge in [-0.1, -0.05) is 12.1 Å². The van der Waals surface area contributed by atoms with Crippen LogP contribution in [0.5, 0.6) is 0 Å². The Labute approximate surface area is 143 Å². The highest BCUT2D eigenvalue weighted by Crippen LogP contribution is 2.26. The molecule has 0 saturated carbocycles. The molecule has 24 heavy (non-hydrogen) atoms. The van der Waals surface area contributed by atoms with Crippen molar-refractivity contribution in [2.24, 2.45) is 0 Å². The molecule has 1 atom stereocenters. The van der Waals surface area contributed by atoms with Crippen LogP contribution in [0.3, 0.4) is 0 Å². The van der Waals surface area contributed by atoms with E-state index < -0.39 is 0 Å². The van der Waals surface area contributed by atoms with Gasteiger partial charge in [0.2, 0.25) is 0 Å².